The lowest BCUT2D eigenvalue weighted by Gasteiger charge is -2.06. The van der Waals surface area contributed by atoms with Crippen molar-refractivity contribution in [1.29, 1.82) is 0 Å². The van der Waals surface area contributed by atoms with Crippen LogP contribution in [0, 0.1) is 0 Å². The molecule has 1 aromatic heterocycles. The number of hydrogen-bond acceptors (Lipinski definition) is 4. The van der Waals surface area contributed by atoms with Crippen LogP contribution in [-0.2, 0) is 29.2 Å². The number of carbonyl (C=O) groups excluding carboxylic acids is 1. The number of hydrogen-bond donors (Lipinski definition) is 0. The molecule has 0 unspecified atom stereocenters. The van der Waals surface area contributed by atoms with Crippen molar-refractivity contribution in [1.82, 2.24) is 4.98 Å². The first-order chi connectivity index (χ1) is 9.81. The van der Waals surface area contributed by atoms with Gasteiger partial charge in [0.1, 0.15) is 12.0 Å². The maximum absolute atomic E-state index is 10.5. The number of ether oxygens (including phenoxy) is 2. The van der Waals surface area contributed by atoms with E-state index < -0.39 is 0 Å². The fourth-order valence-corrected chi connectivity index (χ4v) is 1.84. The van der Waals surface area contributed by atoms with E-state index in [1.807, 2.05) is 30.3 Å². The monoisotopic (exact) mass is 271 g/mol. The minimum absolute atomic E-state index is 0.388. The Balaban J connectivity index is 1.85. The molecule has 4 heteroatoms. The highest BCUT2D eigenvalue weighted by molar-refractivity contribution is 5.54. The molecule has 0 saturated heterocycles. The van der Waals surface area contributed by atoms with E-state index in [2.05, 4.69) is 4.98 Å². The zero-order valence-electron chi connectivity index (χ0n) is 11.4. The van der Waals surface area contributed by atoms with E-state index in [4.69, 9.17) is 9.47 Å². The fourth-order valence-electron chi connectivity index (χ4n) is 1.84. The predicted octanol–water partition coefficient (Wildman–Crippen LogP) is 2.55. The zero-order valence-corrected chi connectivity index (χ0v) is 11.4. The van der Waals surface area contributed by atoms with Gasteiger partial charge in [0.2, 0.25) is 0 Å². The first-order valence-corrected chi connectivity index (χ1v) is 6.39. The van der Waals surface area contributed by atoms with Crippen LogP contribution in [0.15, 0.2) is 42.7 Å². The van der Waals surface area contributed by atoms with Gasteiger partial charge in [0.25, 0.3) is 0 Å². The van der Waals surface area contributed by atoms with E-state index in [1.165, 1.54) is 0 Å². The van der Waals surface area contributed by atoms with Crippen LogP contribution in [0.3, 0.4) is 0 Å². The smallest absolute Gasteiger partial charge is 0.124 e. The lowest BCUT2D eigenvalue weighted by molar-refractivity contribution is -0.107. The van der Waals surface area contributed by atoms with Crippen LogP contribution in [0.25, 0.3) is 0 Å². The van der Waals surface area contributed by atoms with Gasteiger partial charge in [-0.3, -0.25) is 4.98 Å². The quantitative estimate of drug-likeness (QED) is 0.726. The topological polar surface area (TPSA) is 48.4 Å². The Morgan fingerprint density at radius 1 is 1.05 bits per heavy atom. The largest absolute Gasteiger partial charge is 0.497 e. The van der Waals surface area contributed by atoms with Crippen LogP contribution in [0.5, 0.6) is 5.75 Å². The summed E-state index contributed by atoms with van der Waals surface area (Å²) in [4.78, 5) is 14.6. The molecule has 0 aliphatic heterocycles. The van der Waals surface area contributed by atoms with Crippen molar-refractivity contribution < 1.29 is 14.3 Å². The van der Waals surface area contributed by atoms with E-state index in [0.29, 0.717) is 19.6 Å². The third-order valence-electron chi connectivity index (χ3n) is 2.87. The molecule has 0 fully saturated rings. The molecule has 0 atom stereocenters. The molecule has 0 radical (unpaired) electrons. The molecule has 0 aliphatic carbocycles. The molecule has 0 N–H and O–H groups in total. The van der Waals surface area contributed by atoms with Crippen molar-refractivity contribution in [2.75, 3.05) is 7.11 Å². The molecule has 104 valence electrons. The third kappa shape index (κ3) is 4.17. The van der Waals surface area contributed by atoms with Crippen LogP contribution in [0.2, 0.25) is 0 Å². The Hall–Kier alpha value is -2.20. The molecule has 2 aromatic rings. The van der Waals surface area contributed by atoms with Gasteiger partial charge in [-0.25, -0.2) is 0 Å². The standard InChI is InChI=1S/C16H17NO3/c1-19-16-4-2-13(3-5-16)11-20-12-15-8-14(6-7-18)9-17-10-15/h2-5,7-10H,6,11-12H2,1H3. The Morgan fingerprint density at radius 2 is 1.75 bits per heavy atom. The number of aldehydes is 1. The van der Waals surface area contributed by atoms with Crippen LogP contribution < -0.4 is 4.74 Å². The van der Waals surface area contributed by atoms with E-state index in [-0.39, 0.29) is 0 Å². The average Bonchev–Trinajstić information content (AvgIpc) is 2.49. The summed E-state index contributed by atoms with van der Waals surface area (Å²) < 4.78 is 10.7. The van der Waals surface area contributed by atoms with Crippen molar-refractivity contribution in [3.8, 4) is 5.75 Å². The van der Waals surface area contributed by atoms with Gasteiger partial charge in [0.15, 0.2) is 0 Å². The molecule has 0 bridgehead atoms. The molecule has 2 rings (SSSR count). The van der Waals surface area contributed by atoms with Crippen molar-refractivity contribution in [2.45, 2.75) is 19.6 Å². The summed E-state index contributed by atoms with van der Waals surface area (Å²) in [5.74, 6) is 0.833. The van der Waals surface area contributed by atoms with Crippen molar-refractivity contribution in [2.24, 2.45) is 0 Å². The molecule has 1 aromatic carbocycles. The van der Waals surface area contributed by atoms with Gasteiger partial charge in [0, 0.05) is 18.8 Å². The van der Waals surface area contributed by atoms with Gasteiger partial charge in [0.05, 0.1) is 20.3 Å². The van der Waals surface area contributed by atoms with Crippen LogP contribution in [0.4, 0.5) is 0 Å². The van der Waals surface area contributed by atoms with Crippen molar-refractivity contribution in [3.63, 3.8) is 0 Å². The first kappa shape index (κ1) is 14.2. The van der Waals surface area contributed by atoms with Gasteiger partial charge < -0.3 is 14.3 Å². The summed E-state index contributed by atoms with van der Waals surface area (Å²) in [6.07, 6.45) is 4.71. The summed E-state index contributed by atoms with van der Waals surface area (Å²) in [6, 6.07) is 9.70. The normalized spacial score (nSPS) is 10.2. The van der Waals surface area contributed by atoms with Gasteiger partial charge in [-0.1, -0.05) is 12.1 Å². The predicted molar refractivity (Wildman–Crippen MR) is 75.5 cm³/mol. The van der Waals surface area contributed by atoms with Crippen molar-refractivity contribution >= 4 is 6.29 Å². The third-order valence-corrected chi connectivity index (χ3v) is 2.87. The summed E-state index contributed by atoms with van der Waals surface area (Å²) in [7, 11) is 1.64. The van der Waals surface area contributed by atoms with E-state index in [1.54, 1.807) is 19.5 Å². The Labute approximate surface area is 118 Å². The second kappa shape index (κ2) is 7.40. The Kier molecular flexibility index (Phi) is 5.26. The Bertz CT molecular complexity index is 552. The molecule has 0 spiro atoms. The van der Waals surface area contributed by atoms with Crippen LogP contribution in [0.1, 0.15) is 16.7 Å². The second-order valence-electron chi connectivity index (χ2n) is 4.41. The van der Waals surface area contributed by atoms with Crippen LogP contribution in [-0.4, -0.2) is 18.4 Å². The van der Waals surface area contributed by atoms with Gasteiger partial charge in [-0.05, 0) is 34.9 Å². The van der Waals surface area contributed by atoms with Gasteiger partial charge >= 0.3 is 0 Å². The number of rotatable bonds is 7. The van der Waals surface area contributed by atoms with E-state index in [0.717, 1.165) is 28.7 Å². The lowest BCUT2D eigenvalue weighted by Crippen LogP contribution is -1.97. The minimum Gasteiger partial charge on any atom is -0.497 e. The molecule has 0 saturated carbocycles. The molecule has 0 aliphatic rings. The molecule has 20 heavy (non-hydrogen) atoms. The highest BCUT2D eigenvalue weighted by atomic mass is 16.5. The van der Waals surface area contributed by atoms with Crippen LogP contribution >= 0.6 is 0 Å². The van der Waals surface area contributed by atoms with Gasteiger partial charge in [-0.2, -0.15) is 0 Å². The van der Waals surface area contributed by atoms with E-state index in [9.17, 15) is 4.79 Å². The highest BCUT2D eigenvalue weighted by Gasteiger charge is 1.99. The number of nitrogens with zero attached hydrogens (tertiary/aromatic N) is 1. The second-order valence-corrected chi connectivity index (χ2v) is 4.41. The first-order valence-electron chi connectivity index (χ1n) is 6.39. The fraction of sp³-hybridized carbons (Fsp3) is 0.250. The molecular formula is C16H17NO3. The average molecular weight is 271 g/mol. The number of aromatic nitrogens is 1. The zero-order chi connectivity index (χ0) is 14.2. The summed E-state index contributed by atoms with van der Waals surface area (Å²) in [5.41, 5.74) is 2.96. The van der Waals surface area contributed by atoms with E-state index >= 15 is 0 Å². The minimum atomic E-state index is 0.388. The summed E-state index contributed by atoms with van der Waals surface area (Å²) in [6.45, 7) is 1.01. The number of benzene rings is 1. The SMILES string of the molecule is COc1ccc(COCc2cncc(CC=O)c2)cc1. The summed E-state index contributed by atoms with van der Waals surface area (Å²) >= 11 is 0. The molecule has 0 amide bonds. The lowest BCUT2D eigenvalue weighted by atomic mass is 10.2. The van der Waals surface area contributed by atoms with Crippen molar-refractivity contribution in [3.05, 3.63) is 59.4 Å². The number of pyridine rings is 1. The maximum Gasteiger partial charge on any atom is 0.124 e. The number of carbonyl (C=O) groups is 1. The highest BCUT2D eigenvalue weighted by Crippen LogP contribution is 2.13. The molecular weight excluding hydrogens is 254 g/mol. The summed E-state index contributed by atoms with van der Waals surface area (Å²) in [5, 5.41) is 0. The molecule has 4 nitrogen and oxygen atoms in total. The number of methoxy groups -OCH3 is 1. The molecule has 1 heterocycles. The Morgan fingerprint density at radius 3 is 2.45 bits per heavy atom. The van der Waals surface area contributed by atoms with Gasteiger partial charge in [-0.15, -0.1) is 0 Å². The maximum atomic E-state index is 10.5.